The number of hydrogen-bond acceptors (Lipinski definition) is 0. The molecule has 9 heavy (non-hydrogen) atoms. The second-order valence-corrected chi connectivity index (χ2v) is 2.20. The van der Waals surface area contributed by atoms with Crippen molar-refractivity contribution in [3.05, 3.63) is 0 Å². The van der Waals surface area contributed by atoms with Crippen LogP contribution in [-0.2, 0) is 0 Å². The maximum atomic E-state index is 11.8. The summed E-state index contributed by atoms with van der Waals surface area (Å²) in [7, 11) is 0. The van der Waals surface area contributed by atoms with Crippen LogP contribution >= 0.6 is 23.2 Å². The summed E-state index contributed by atoms with van der Waals surface area (Å²) in [6.45, 7) is 0. The van der Waals surface area contributed by atoms with Crippen molar-refractivity contribution in [2.45, 2.75) is 11.3 Å². The number of halogens is 6. The van der Waals surface area contributed by atoms with E-state index in [-0.39, 0.29) is 0 Å². The first kappa shape index (κ1) is 9.30. The molecule has 0 nitrogen and oxygen atoms in total. The van der Waals surface area contributed by atoms with E-state index in [0.717, 1.165) is 0 Å². The van der Waals surface area contributed by atoms with Gasteiger partial charge < -0.3 is 0 Å². The molecule has 0 heterocycles. The molecule has 0 aliphatic carbocycles. The van der Waals surface area contributed by atoms with Gasteiger partial charge in [-0.15, -0.1) is 11.6 Å². The third-order valence-electron chi connectivity index (χ3n) is 0.583. The van der Waals surface area contributed by atoms with E-state index in [0.29, 0.717) is 0 Å². The molecule has 6 heteroatoms. The summed E-state index contributed by atoms with van der Waals surface area (Å²) < 4.78 is 45.6. The van der Waals surface area contributed by atoms with Crippen LogP contribution in [0.5, 0.6) is 0 Å². The molecule has 0 rings (SSSR count). The fraction of sp³-hybridized carbons (Fsp3) is 1.00. The molecule has 0 aliphatic heterocycles. The Morgan fingerprint density at radius 3 is 1.44 bits per heavy atom. The van der Waals surface area contributed by atoms with Crippen molar-refractivity contribution >= 4 is 23.2 Å². The maximum absolute atomic E-state index is 11.8. The van der Waals surface area contributed by atoms with Crippen LogP contribution in [0.25, 0.3) is 0 Å². The van der Waals surface area contributed by atoms with E-state index in [9.17, 15) is 17.6 Å². The van der Waals surface area contributed by atoms with Crippen LogP contribution in [0.2, 0.25) is 0 Å². The van der Waals surface area contributed by atoms with Crippen LogP contribution < -0.4 is 0 Å². The predicted molar refractivity (Wildman–Crippen MR) is 26.5 cm³/mol. The molecule has 0 amide bonds. The Labute approximate surface area is 58.7 Å². The van der Waals surface area contributed by atoms with Gasteiger partial charge in [0.1, 0.15) is 0 Å². The van der Waals surface area contributed by atoms with E-state index in [2.05, 4.69) is 23.2 Å². The molecule has 0 aromatic carbocycles. The first-order valence-corrected chi connectivity index (χ1v) is 2.73. The number of hydrogen-bond donors (Lipinski definition) is 0. The van der Waals surface area contributed by atoms with Gasteiger partial charge in [0, 0.05) is 0 Å². The van der Waals surface area contributed by atoms with Crippen LogP contribution in [0.15, 0.2) is 0 Å². The molecular formula is C3H2Cl2F4. The van der Waals surface area contributed by atoms with E-state index in [1.165, 1.54) is 0 Å². The van der Waals surface area contributed by atoms with Gasteiger partial charge in [-0.05, 0) is 0 Å². The molecule has 0 fully saturated rings. The third-order valence-corrected chi connectivity index (χ3v) is 1.44. The molecule has 0 aromatic heterocycles. The van der Waals surface area contributed by atoms with Crippen LogP contribution in [0.1, 0.15) is 0 Å². The SMILES string of the molecule is FC(F)(F)[C@@](F)(Cl)CCl. The molecule has 0 bridgehead atoms. The van der Waals surface area contributed by atoms with Gasteiger partial charge in [0.2, 0.25) is 0 Å². The first-order chi connectivity index (χ1) is 3.81. The second kappa shape index (κ2) is 2.50. The zero-order valence-electron chi connectivity index (χ0n) is 3.97. The summed E-state index contributed by atoms with van der Waals surface area (Å²) in [5.74, 6) is -1.29. The summed E-state index contributed by atoms with van der Waals surface area (Å²) in [5, 5.41) is -3.78. The van der Waals surface area contributed by atoms with E-state index in [1.54, 1.807) is 0 Å². The molecule has 0 unspecified atom stereocenters. The topological polar surface area (TPSA) is 0 Å². The molecule has 0 aromatic rings. The van der Waals surface area contributed by atoms with E-state index < -0.39 is 17.2 Å². The standard InChI is InChI=1S/C3H2Cl2F4/c4-1-2(5,6)3(7,8)9/h1H2/t2-/m1/s1. The van der Waals surface area contributed by atoms with E-state index in [1.807, 2.05) is 0 Å². The smallest absolute Gasteiger partial charge is 0.215 e. The Kier molecular flexibility index (Phi) is 2.58. The highest BCUT2D eigenvalue weighted by molar-refractivity contribution is 6.30. The van der Waals surface area contributed by atoms with Crippen molar-refractivity contribution in [1.29, 1.82) is 0 Å². The highest BCUT2D eigenvalue weighted by Crippen LogP contribution is 2.38. The molecule has 0 radical (unpaired) electrons. The monoisotopic (exact) mass is 184 g/mol. The Bertz CT molecular complexity index is 96.5. The lowest BCUT2D eigenvalue weighted by Gasteiger charge is -2.17. The summed E-state index contributed by atoms with van der Waals surface area (Å²) in [6.07, 6.45) is -5.09. The van der Waals surface area contributed by atoms with Crippen molar-refractivity contribution in [2.24, 2.45) is 0 Å². The zero-order chi connectivity index (χ0) is 7.71. The summed E-state index contributed by atoms with van der Waals surface area (Å²) >= 11 is 8.82. The lowest BCUT2D eigenvalue weighted by Crippen LogP contribution is -2.36. The molecular weight excluding hydrogens is 183 g/mol. The largest absolute Gasteiger partial charge is 0.438 e. The van der Waals surface area contributed by atoms with Gasteiger partial charge in [-0.1, -0.05) is 11.6 Å². The van der Waals surface area contributed by atoms with Crippen molar-refractivity contribution in [1.82, 2.24) is 0 Å². The van der Waals surface area contributed by atoms with Crippen molar-refractivity contribution in [3.8, 4) is 0 Å². The molecule has 0 spiro atoms. The minimum absolute atomic E-state index is 1.29. The van der Waals surface area contributed by atoms with Gasteiger partial charge in [-0.2, -0.15) is 13.2 Å². The lowest BCUT2D eigenvalue weighted by molar-refractivity contribution is -0.190. The van der Waals surface area contributed by atoms with Crippen LogP contribution in [0.3, 0.4) is 0 Å². The Hall–Kier alpha value is 0.300. The molecule has 1 atom stereocenters. The fourth-order valence-corrected chi connectivity index (χ4v) is 0.227. The molecule has 56 valence electrons. The average molecular weight is 185 g/mol. The Morgan fingerprint density at radius 2 is 1.44 bits per heavy atom. The van der Waals surface area contributed by atoms with Crippen LogP contribution in [0, 0.1) is 0 Å². The summed E-state index contributed by atoms with van der Waals surface area (Å²) in [6, 6.07) is 0. The van der Waals surface area contributed by atoms with Crippen LogP contribution in [-0.4, -0.2) is 17.2 Å². The van der Waals surface area contributed by atoms with Gasteiger partial charge in [0.25, 0.3) is 5.13 Å². The fourth-order valence-electron chi connectivity index (χ4n) is 0.0758. The minimum Gasteiger partial charge on any atom is -0.215 e. The average Bonchev–Trinajstić information content (AvgIpc) is 1.64. The van der Waals surface area contributed by atoms with Crippen molar-refractivity contribution < 1.29 is 17.6 Å². The molecule has 0 saturated heterocycles. The van der Waals surface area contributed by atoms with Gasteiger partial charge >= 0.3 is 6.18 Å². The second-order valence-electron chi connectivity index (χ2n) is 1.34. The Balaban J connectivity index is 4.14. The van der Waals surface area contributed by atoms with Gasteiger partial charge in [-0.25, -0.2) is 4.39 Å². The highest BCUT2D eigenvalue weighted by Gasteiger charge is 2.54. The van der Waals surface area contributed by atoms with Crippen molar-refractivity contribution in [2.75, 3.05) is 5.88 Å². The zero-order valence-corrected chi connectivity index (χ0v) is 5.49. The van der Waals surface area contributed by atoms with Crippen molar-refractivity contribution in [3.63, 3.8) is 0 Å². The number of rotatable bonds is 1. The highest BCUT2D eigenvalue weighted by atomic mass is 35.5. The quantitative estimate of drug-likeness (QED) is 0.435. The van der Waals surface area contributed by atoms with Gasteiger partial charge in [-0.3, -0.25) is 0 Å². The first-order valence-electron chi connectivity index (χ1n) is 1.82. The maximum Gasteiger partial charge on any atom is 0.438 e. The van der Waals surface area contributed by atoms with Gasteiger partial charge in [0.05, 0.1) is 5.88 Å². The number of alkyl halides is 6. The predicted octanol–water partition coefficient (Wildman–Crippen LogP) is 2.69. The van der Waals surface area contributed by atoms with Crippen LogP contribution in [0.4, 0.5) is 17.6 Å². The Morgan fingerprint density at radius 1 is 1.11 bits per heavy atom. The van der Waals surface area contributed by atoms with E-state index in [4.69, 9.17) is 0 Å². The third kappa shape index (κ3) is 2.18. The summed E-state index contributed by atoms with van der Waals surface area (Å²) in [5.41, 5.74) is 0. The summed E-state index contributed by atoms with van der Waals surface area (Å²) in [4.78, 5) is 0. The lowest BCUT2D eigenvalue weighted by atomic mass is 10.4. The molecule has 0 aliphatic rings. The molecule has 0 saturated carbocycles. The minimum atomic E-state index is -5.09. The van der Waals surface area contributed by atoms with E-state index >= 15 is 0 Å². The van der Waals surface area contributed by atoms with Gasteiger partial charge in [0.15, 0.2) is 0 Å². The molecule has 0 N–H and O–H groups in total. The normalized spacial score (nSPS) is 19.3.